The molecule has 0 amide bonds. The van der Waals surface area contributed by atoms with Gasteiger partial charge in [-0.25, -0.2) is 0 Å². The molecule has 0 aromatic carbocycles. The largest absolute Gasteiger partial charge is 0.328 e. The second-order valence-corrected chi connectivity index (χ2v) is 5.81. The van der Waals surface area contributed by atoms with Crippen LogP contribution in [0, 0.1) is 23.2 Å². The first-order valence-electron chi connectivity index (χ1n) is 6.14. The zero-order valence-corrected chi connectivity index (χ0v) is 8.91. The van der Waals surface area contributed by atoms with Crippen LogP contribution in [0.25, 0.3) is 0 Å². The van der Waals surface area contributed by atoms with Gasteiger partial charge in [-0.1, -0.05) is 6.08 Å². The molecular weight excluding hydrogens is 170 g/mol. The Balaban J connectivity index is 1.74. The van der Waals surface area contributed by atoms with E-state index >= 15 is 0 Å². The fraction of sp³-hybridized carbons (Fsp3) is 0.846. The Labute approximate surface area is 86.8 Å². The first-order chi connectivity index (χ1) is 6.75. The summed E-state index contributed by atoms with van der Waals surface area (Å²) in [5.41, 5.74) is 6.65. The van der Waals surface area contributed by atoms with Crippen LogP contribution < -0.4 is 5.73 Å². The average Bonchev–Trinajstić information content (AvgIpc) is 2.16. The highest BCUT2D eigenvalue weighted by Gasteiger charge is 2.62. The predicted molar refractivity (Wildman–Crippen MR) is 58.8 cm³/mol. The van der Waals surface area contributed by atoms with Gasteiger partial charge in [-0.2, -0.15) is 0 Å². The summed E-state index contributed by atoms with van der Waals surface area (Å²) >= 11 is 0. The summed E-state index contributed by atoms with van der Waals surface area (Å²) in [5, 5.41) is 0. The minimum Gasteiger partial charge on any atom is -0.328 e. The van der Waals surface area contributed by atoms with Crippen molar-refractivity contribution in [3.63, 3.8) is 0 Å². The molecule has 3 aliphatic rings. The molecule has 14 heavy (non-hydrogen) atoms. The highest BCUT2D eigenvalue weighted by molar-refractivity contribution is 5.19. The van der Waals surface area contributed by atoms with Crippen LogP contribution >= 0.6 is 0 Å². The van der Waals surface area contributed by atoms with Gasteiger partial charge in [0.25, 0.3) is 0 Å². The SMILES string of the molecule is C=CC12CC3CCC(N)CC[C@H](C1)C32. The van der Waals surface area contributed by atoms with Crippen LogP contribution in [-0.4, -0.2) is 6.04 Å². The molecule has 0 radical (unpaired) electrons. The maximum absolute atomic E-state index is 6.06. The molecule has 3 rings (SSSR count). The molecular formula is C13H21N. The van der Waals surface area contributed by atoms with E-state index in [1.54, 1.807) is 0 Å². The summed E-state index contributed by atoms with van der Waals surface area (Å²) < 4.78 is 0. The van der Waals surface area contributed by atoms with Crippen LogP contribution in [0.15, 0.2) is 12.7 Å². The highest BCUT2D eigenvalue weighted by atomic mass is 14.7. The van der Waals surface area contributed by atoms with E-state index in [2.05, 4.69) is 12.7 Å². The molecule has 3 aliphatic carbocycles. The summed E-state index contributed by atoms with van der Waals surface area (Å²) in [4.78, 5) is 0. The first kappa shape index (κ1) is 8.96. The van der Waals surface area contributed by atoms with E-state index < -0.39 is 0 Å². The predicted octanol–water partition coefficient (Wildman–Crippen LogP) is 2.72. The van der Waals surface area contributed by atoms with Crippen LogP contribution in [0.2, 0.25) is 0 Å². The van der Waals surface area contributed by atoms with Crippen LogP contribution in [-0.2, 0) is 0 Å². The Morgan fingerprint density at radius 1 is 1.07 bits per heavy atom. The Morgan fingerprint density at radius 2 is 1.64 bits per heavy atom. The number of rotatable bonds is 1. The molecule has 0 aromatic rings. The Bertz CT molecular complexity index is 240. The van der Waals surface area contributed by atoms with Crippen LogP contribution in [0.4, 0.5) is 0 Å². The second-order valence-electron chi connectivity index (χ2n) is 5.81. The molecule has 0 aromatic heterocycles. The molecule has 3 saturated carbocycles. The Hall–Kier alpha value is -0.300. The Kier molecular flexibility index (Phi) is 1.82. The molecule has 0 aliphatic heterocycles. The van der Waals surface area contributed by atoms with Gasteiger partial charge in [0.1, 0.15) is 0 Å². The quantitative estimate of drug-likeness (QED) is 0.634. The maximum atomic E-state index is 6.06. The molecule has 3 fully saturated rings. The third kappa shape index (κ3) is 0.995. The van der Waals surface area contributed by atoms with Crippen molar-refractivity contribution in [2.75, 3.05) is 0 Å². The van der Waals surface area contributed by atoms with E-state index in [-0.39, 0.29) is 0 Å². The van der Waals surface area contributed by atoms with Crippen molar-refractivity contribution in [3.8, 4) is 0 Å². The van der Waals surface area contributed by atoms with E-state index in [1.807, 2.05) is 0 Å². The minimum atomic E-state index is 0.496. The summed E-state index contributed by atoms with van der Waals surface area (Å²) in [6.07, 6.45) is 10.4. The number of hydrogen-bond acceptors (Lipinski definition) is 1. The second kappa shape index (κ2) is 2.85. The number of hydrogen-bond donors (Lipinski definition) is 1. The summed E-state index contributed by atoms with van der Waals surface area (Å²) in [7, 11) is 0. The van der Waals surface area contributed by atoms with Crippen molar-refractivity contribution in [2.45, 2.75) is 44.6 Å². The maximum Gasteiger partial charge on any atom is 0.00390 e. The lowest BCUT2D eigenvalue weighted by Gasteiger charge is -2.68. The molecule has 0 saturated heterocycles. The lowest BCUT2D eigenvalue weighted by Crippen LogP contribution is -2.60. The van der Waals surface area contributed by atoms with Gasteiger partial charge in [-0.3, -0.25) is 0 Å². The van der Waals surface area contributed by atoms with E-state index in [1.165, 1.54) is 38.5 Å². The zero-order valence-electron chi connectivity index (χ0n) is 8.91. The van der Waals surface area contributed by atoms with Gasteiger partial charge < -0.3 is 5.73 Å². The van der Waals surface area contributed by atoms with Crippen molar-refractivity contribution in [3.05, 3.63) is 12.7 Å². The monoisotopic (exact) mass is 191 g/mol. The van der Waals surface area contributed by atoms with Gasteiger partial charge >= 0.3 is 0 Å². The van der Waals surface area contributed by atoms with Crippen LogP contribution in [0.1, 0.15) is 38.5 Å². The zero-order chi connectivity index (χ0) is 9.76. The van der Waals surface area contributed by atoms with E-state index in [0.717, 1.165) is 17.8 Å². The third-order valence-electron chi connectivity index (χ3n) is 5.19. The summed E-state index contributed by atoms with van der Waals surface area (Å²) in [6.45, 7) is 4.03. The average molecular weight is 191 g/mol. The van der Waals surface area contributed by atoms with Crippen molar-refractivity contribution in [2.24, 2.45) is 28.9 Å². The summed E-state index contributed by atoms with van der Waals surface area (Å²) in [6, 6.07) is 0.496. The van der Waals surface area contributed by atoms with Gasteiger partial charge in [0, 0.05) is 6.04 Å². The molecule has 4 unspecified atom stereocenters. The number of nitrogens with two attached hydrogens (primary N) is 1. The van der Waals surface area contributed by atoms with E-state index in [0.29, 0.717) is 11.5 Å². The molecule has 1 heteroatoms. The normalized spacial score (nSPS) is 55.8. The van der Waals surface area contributed by atoms with E-state index in [9.17, 15) is 0 Å². The van der Waals surface area contributed by atoms with E-state index in [4.69, 9.17) is 5.73 Å². The third-order valence-corrected chi connectivity index (χ3v) is 5.19. The first-order valence-corrected chi connectivity index (χ1v) is 6.14. The van der Waals surface area contributed by atoms with Crippen molar-refractivity contribution < 1.29 is 0 Å². The minimum absolute atomic E-state index is 0.496. The van der Waals surface area contributed by atoms with Crippen LogP contribution in [0.3, 0.4) is 0 Å². The van der Waals surface area contributed by atoms with Crippen LogP contribution in [0.5, 0.6) is 0 Å². The smallest absolute Gasteiger partial charge is 0.00390 e. The van der Waals surface area contributed by atoms with Crippen molar-refractivity contribution in [1.29, 1.82) is 0 Å². The number of allylic oxidation sites excluding steroid dienone is 1. The molecule has 0 spiro atoms. The molecule has 78 valence electrons. The van der Waals surface area contributed by atoms with Crippen molar-refractivity contribution >= 4 is 0 Å². The van der Waals surface area contributed by atoms with Gasteiger partial charge in [-0.05, 0) is 61.7 Å². The lowest BCUT2D eigenvalue weighted by molar-refractivity contribution is -0.162. The molecule has 1 nitrogen and oxygen atoms in total. The molecule has 0 heterocycles. The summed E-state index contributed by atoms with van der Waals surface area (Å²) in [5.74, 6) is 3.00. The Morgan fingerprint density at radius 3 is 2.14 bits per heavy atom. The van der Waals surface area contributed by atoms with Gasteiger partial charge in [0.05, 0.1) is 0 Å². The van der Waals surface area contributed by atoms with Gasteiger partial charge in [-0.15, -0.1) is 6.58 Å². The topological polar surface area (TPSA) is 26.0 Å². The highest BCUT2D eigenvalue weighted by Crippen LogP contribution is 2.70. The molecule has 5 atom stereocenters. The fourth-order valence-corrected chi connectivity index (χ4v) is 4.46. The van der Waals surface area contributed by atoms with Gasteiger partial charge in [0.15, 0.2) is 0 Å². The molecule has 0 bridgehead atoms. The standard InChI is InChI=1S/C13H21N/c1-2-13-7-9-3-5-11(14)6-4-10(8-13)12(9)13/h2,9-12H,1,3-8,14H2/t9-,10?,11?,12?,13?/m1/s1. The lowest BCUT2D eigenvalue weighted by atomic mass is 9.37. The van der Waals surface area contributed by atoms with Gasteiger partial charge in [0.2, 0.25) is 0 Å². The fourth-order valence-electron chi connectivity index (χ4n) is 4.46. The van der Waals surface area contributed by atoms with Crippen molar-refractivity contribution in [1.82, 2.24) is 0 Å². The molecule has 2 N–H and O–H groups in total.